The maximum atomic E-state index is 5.16. The smallest absolute Gasteiger partial charge is 0.145 e. The molecule has 3 aromatic heterocycles. The lowest BCUT2D eigenvalue weighted by Crippen LogP contribution is -2.02. The van der Waals surface area contributed by atoms with Crippen LogP contribution in [-0.2, 0) is 6.42 Å². The highest BCUT2D eigenvalue weighted by molar-refractivity contribution is 6.17. The fourth-order valence-electron chi connectivity index (χ4n) is 7.59. The lowest BCUT2D eigenvalue weighted by molar-refractivity contribution is 1.09. The second kappa shape index (κ2) is 10.1. The van der Waals surface area contributed by atoms with E-state index in [2.05, 4.69) is 154 Å². The van der Waals surface area contributed by atoms with E-state index in [1.54, 1.807) is 0 Å². The van der Waals surface area contributed by atoms with E-state index in [0.29, 0.717) is 0 Å². The van der Waals surface area contributed by atoms with Crippen molar-refractivity contribution in [2.75, 3.05) is 0 Å². The number of fused-ring (bicyclic) bond motifs is 5. The molecule has 3 heterocycles. The molecule has 47 heavy (non-hydrogen) atoms. The predicted octanol–water partition coefficient (Wildman–Crippen LogP) is 10.6. The number of nitrogens with zero attached hydrogens (tertiary/aromatic N) is 4. The van der Waals surface area contributed by atoms with Gasteiger partial charge in [0.25, 0.3) is 0 Å². The molecule has 10 rings (SSSR count). The maximum Gasteiger partial charge on any atom is 0.145 e. The fourth-order valence-corrected chi connectivity index (χ4v) is 7.59. The van der Waals surface area contributed by atoms with Crippen LogP contribution >= 0.6 is 0 Å². The maximum absolute atomic E-state index is 5.16. The SMILES string of the molecule is C1=Cc2cccc3cc4c(c(c23)C1)c1ccccc1n4-c1cc(-c2cccnc2)cc(-n2c(-c3ccccc3)nc3ccccc32)c1. The van der Waals surface area contributed by atoms with E-state index < -0.39 is 0 Å². The summed E-state index contributed by atoms with van der Waals surface area (Å²) in [6.07, 6.45) is 9.27. The van der Waals surface area contributed by atoms with Gasteiger partial charge in [-0.15, -0.1) is 0 Å². The van der Waals surface area contributed by atoms with Crippen molar-refractivity contribution in [1.82, 2.24) is 19.1 Å². The van der Waals surface area contributed by atoms with Crippen molar-refractivity contribution in [3.8, 4) is 33.9 Å². The van der Waals surface area contributed by atoms with Crippen LogP contribution in [0.25, 0.3) is 83.6 Å². The molecule has 0 saturated heterocycles. The molecule has 1 aliphatic carbocycles. The average molecular weight is 601 g/mol. The van der Waals surface area contributed by atoms with Crippen molar-refractivity contribution in [3.05, 3.63) is 163 Å². The van der Waals surface area contributed by atoms with Crippen LogP contribution in [-0.4, -0.2) is 19.1 Å². The van der Waals surface area contributed by atoms with Gasteiger partial charge in [0, 0.05) is 40.0 Å². The molecule has 6 aromatic carbocycles. The van der Waals surface area contributed by atoms with Gasteiger partial charge in [-0.1, -0.05) is 97.1 Å². The molecular weight excluding hydrogens is 573 g/mol. The molecule has 4 nitrogen and oxygen atoms in total. The first-order chi connectivity index (χ1) is 23.3. The largest absolute Gasteiger partial charge is 0.309 e. The minimum Gasteiger partial charge on any atom is -0.309 e. The summed E-state index contributed by atoms with van der Waals surface area (Å²) >= 11 is 0. The van der Waals surface area contributed by atoms with Crippen LogP contribution < -0.4 is 0 Å². The Morgan fingerprint density at radius 3 is 2.21 bits per heavy atom. The summed E-state index contributed by atoms with van der Waals surface area (Å²) < 4.78 is 4.76. The van der Waals surface area contributed by atoms with Crippen LogP contribution in [0.1, 0.15) is 11.1 Å². The highest BCUT2D eigenvalue weighted by Crippen LogP contribution is 2.42. The molecule has 0 bridgehead atoms. The number of rotatable bonds is 4. The van der Waals surface area contributed by atoms with E-state index >= 15 is 0 Å². The Labute approximate surface area is 271 Å². The molecule has 220 valence electrons. The fraction of sp³-hybridized carbons (Fsp3) is 0.0233. The van der Waals surface area contributed by atoms with Gasteiger partial charge in [0.2, 0.25) is 0 Å². The molecule has 9 aromatic rings. The van der Waals surface area contributed by atoms with Gasteiger partial charge in [0.1, 0.15) is 5.82 Å². The van der Waals surface area contributed by atoms with E-state index in [9.17, 15) is 0 Å². The van der Waals surface area contributed by atoms with Crippen LogP contribution in [0, 0.1) is 0 Å². The molecule has 4 heteroatoms. The number of para-hydroxylation sites is 3. The number of imidazole rings is 1. The summed E-state index contributed by atoms with van der Waals surface area (Å²) in [6.45, 7) is 0. The summed E-state index contributed by atoms with van der Waals surface area (Å²) in [4.78, 5) is 9.66. The first-order valence-corrected chi connectivity index (χ1v) is 16.1. The minimum atomic E-state index is 0.915. The van der Waals surface area contributed by atoms with Crippen molar-refractivity contribution >= 4 is 49.7 Å². The van der Waals surface area contributed by atoms with Crippen molar-refractivity contribution in [3.63, 3.8) is 0 Å². The zero-order chi connectivity index (χ0) is 30.9. The first kappa shape index (κ1) is 26.0. The van der Waals surface area contributed by atoms with Gasteiger partial charge in [-0.25, -0.2) is 4.98 Å². The van der Waals surface area contributed by atoms with Crippen molar-refractivity contribution in [2.45, 2.75) is 6.42 Å². The number of hydrogen-bond acceptors (Lipinski definition) is 2. The van der Waals surface area contributed by atoms with E-state index in [1.807, 2.05) is 18.5 Å². The minimum absolute atomic E-state index is 0.915. The Bertz CT molecular complexity index is 2700. The third kappa shape index (κ3) is 3.95. The van der Waals surface area contributed by atoms with Crippen molar-refractivity contribution in [2.24, 2.45) is 0 Å². The van der Waals surface area contributed by atoms with Gasteiger partial charge in [0.05, 0.1) is 27.8 Å². The van der Waals surface area contributed by atoms with Gasteiger partial charge < -0.3 is 4.57 Å². The number of benzene rings is 6. The lowest BCUT2D eigenvalue weighted by Gasteiger charge is -2.17. The molecule has 0 saturated carbocycles. The Hall–Kier alpha value is -6.26. The molecule has 0 atom stereocenters. The van der Waals surface area contributed by atoms with Crippen LogP contribution in [0.2, 0.25) is 0 Å². The standard InChI is InChI=1S/C43H28N4/c1-2-11-29(12-3-1)43-45-37-19-5-7-21-39(37)47(43)34-24-32(31-16-10-22-44-27-31)23-33(26-34)46-38-20-6-4-17-35(38)42-36-18-9-14-28-13-8-15-30(41(28)36)25-40(42)46/h1-17,19-27H,18H2. The van der Waals surface area contributed by atoms with Crippen LogP contribution in [0.5, 0.6) is 0 Å². The molecule has 0 aliphatic heterocycles. The number of hydrogen-bond donors (Lipinski definition) is 0. The first-order valence-electron chi connectivity index (χ1n) is 16.1. The molecule has 0 unspecified atom stereocenters. The normalized spacial score (nSPS) is 12.5. The second-order valence-electron chi connectivity index (χ2n) is 12.3. The van der Waals surface area contributed by atoms with E-state index in [4.69, 9.17) is 4.98 Å². The number of allylic oxidation sites excluding steroid dienone is 1. The monoisotopic (exact) mass is 600 g/mol. The predicted molar refractivity (Wildman–Crippen MR) is 194 cm³/mol. The third-order valence-corrected chi connectivity index (χ3v) is 9.56. The zero-order valence-electron chi connectivity index (χ0n) is 25.5. The second-order valence-corrected chi connectivity index (χ2v) is 12.3. The van der Waals surface area contributed by atoms with Gasteiger partial charge in [-0.05, 0) is 82.4 Å². The molecule has 0 spiro atoms. The van der Waals surface area contributed by atoms with Gasteiger partial charge >= 0.3 is 0 Å². The Balaban J connectivity index is 1.33. The summed E-state index contributed by atoms with van der Waals surface area (Å²) in [5.41, 5.74) is 12.5. The summed E-state index contributed by atoms with van der Waals surface area (Å²) in [6, 6.07) is 47.8. The molecule has 0 N–H and O–H groups in total. The third-order valence-electron chi connectivity index (χ3n) is 9.56. The molecule has 0 amide bonds. The lowest BCUT2D eigenvalue weighted by atomic mass is 9.90. The highest BCUT2D eigenvalue weighted by atomic mass is 15.1. The zero-order valence-corrected chi connectivity index (χ0v) is 25.5. The van der Waals surface area contributed by atoms with Crippen molar-refractivity contribution in [1.29, 1.82) is 0 Å². The average Bonchev–Trinajstić information content (AvgIpc) is 3.69. The van der Waals surface area contributed by atoms with Gasteiger partial charge in [-0.3, -0.25) is 9.55 Å². The highest BCUT2D eigenvalue weighted by Gasteiger charge is 2.22. The Morgan fingerprint density at radius 2 is 1.34 bits per heavy atom. The van der Waals surface area contributed by atoms with Crippen molar-refractivity contribution < 1.29 is 0 Å². The van der Waals surface area contributed by atoms with Crippen LogP contribution in [0.3, 0.4) is 0 Å². The number of pyridine rings is 1. The molecular formula is C43H28N4. The summed E-state index contributed by atoms with van der Waals surface area (Å²) in [5, 5.41) is 5.24. The molecule has 1 aliphatic rings. The van der Waals surface area contributed by atoms with Gasteiger partial charge in [-0.2, -0.15) is 0 Å². The van der Waals surface area contributed by atoms with Crippen LogP contribution in [0.15, 0.2) is 152 Å². The Kier molecular flexibility index (Phi) is 5.60. The number of aromatic nitrogens is 4. The topological polar surface area (TPSA) is 35.6 Å². The Morgan fingerprint density at radius 1 is 0.553 bits per heavy atom. The van der Waals surface area contributed by atoms with Gasteiger partial charge in [0.15, 0.2) is 0 Å². The van der Waals surface area contributed by atoms with E-state index in [-0.39, 0.29) is 0 Å². The van der Waals surface area contributed by atoms with E-state index in [0.717, 1.165) is 51.3 Å². The summed E-state index contributed by atoms with van der Waals surface area (Å²) in [5.74, 6) is 0.915. The van der Waals surface area contributed by atoms with E-state index in [1.165, 1.54) is 43.7 Å². The molecule has 0 fully saturated rings. The van der Waals surface area contributed by atoms with Crippen LogP contribution in [0.4, 0.5) is 0 Å². The quantitative estimate of drug-likeness (QED) is 0.201. The molecule has 0 radical (unpaired) electrons. The summed E-state index contributed by atoms with van der Waals surface area (Å²) in [7, 11) is 0.